The van der Waals surface area contributed by atoms with Crippen LogP contribution >= 0.6 is 0 Å². The number of hydrogen-bond donors (Lipinski definition) is 0. The minimum absolute atomic E-state index is 0.00363. The van der Waals surface area contributed by atoms with Crippen LogP contribution < -0.4 is 0 Å². The topological polar surface area (TPSA) is 77.1 Å². The van der Waals surface area contributed by atoms with Crippen molar-refractivity contribution in [1.29, 1.82) is 0 Å². The number of rotatable bonds is 5. The van der Waals surface area contributed by atoms with E-state index >= 15 is 0 Å². The van der Waals surface area contributed by atoms with Gasteiger partial charge in [0.2, 0.25) is 11.8 Å². The van der Waals surface area contributed by atoms with Crippen molar-refractivity contribution < 1.29 is 9.32 Å². The molecule has 0 aromatic carbocycles. The van der Waals surface area contributed by atoms with Gasteiger partial charge in [-0.05, 0) is 13.0 Å². The van der Waals surface area contributed by atoms with E-state index < -0.39 is 0 Å². The normalized spacial score (nSPS) is 12.4. The summed E-state index contributed by atoms with van der Waals surface area (Å²) < 4.78 is 6.52. The van der Waals surface area contributed by atoms with Crippen LogP contribution in [0.15, 0.2) is 23.0 Å². The van der Waals surface area contributed by atoms with Crippen molar-refractivity contribution in [2.24, 2.45) is 0 Å². The van der Waals surface area contributed by atoms with Crippen LogP contribution in [0.1, 0.15) is 24.7 Å². The lowest BCUT2D eigenvalue weighted by atomic mass is 10.3. The summed E-state index contributed by atoms with van der Waals surface area (Å²) in [7, 11) is 1.76. The summed E-state index contributed by atoms with van der Waals surface area (Å²) in [6.45, 7) is 4.11. The second-order valence-electron chi connectivity index (χ2n) is 4.40. The van der Waals surface area contributed by atoms with E-state index in [1.54, 1.807) is 42.0 Å². The van der Waals surface area contributed by atoms with Gasteiger partial charge in [0, 0.05) is 39.3 Å². The fourth-order valence-electron chi connectivity index (χ4n) is 1.76. The maximum atomic E-state index is 12.2. The monoisotopic (exact) mass is 263 g/mol. The van der Waals surface area contributed by atoms with Gasteiger partial charge in [0.05, 0.1) is 0 Å². The molecule has 0 saturated carbocycles. The molecule has 0 aliphatic rings. The van der Waals surface area contributed by atoms with Gasteiger partial charge in [-0.15, -0.1) is 0 Å². The molecule has 102 valence electrons. The largest absolute Gasteiger partial charge is 0.343 e. The summed E-state index contributed by atoms with van der Waals surface area (Å²) in [6.07, 6.45) is 4.01. The molecule has 0 aliphatic carbocycles. The lowest BCUT2D eigenvalue weighted by Gasteiger charge is -2.20. The van der Waals surface area contributed by atoms with Crippen molar-refractivity contribution in [2.45, 2.75) is 26.3 Å². The first kappa shape index (κ1) is 13.3. The molecule has 1 atom stereocenters. The average Bonchev–Trinajstić information content (AvgIpc) is 3.05. The summed E-state index contributed by atoms with van der Waals surface area (Å²) in [5.74, 6) is 1.15. The SMILES string of the molecule is Cc1nc(CCN(C)C(=O)[C@H](C)n2cccn2)no1. The van der Waals surface area contributed by atoms with Gasteiger partial charge < -0.3 is 9.42 Å². The fraction of sp³-hybridized carbons (Fsp3) is 0.500. The summed E-state index contributed by atoms with van der Waals surface area (Å²) in [5.41, 5.74) is 0. The highest BCUT2D eigenvalue weighted by atomic mass is 16.5. The van der Waals surface area contributed by atoms with Crippen LogP contribution in [0.25, 0.3) is 0 Å². The van der Waals surface area contributed by atoms with Crippen LogP contribution in [-0.2, 0) is 11.2 Å². The zero-order valence-electron chi connectivity index (χ0n) is 11.3. The molecule has 19 heavy (non-hydrogen) atoms. The number of hydrogen-bond acceptors (Lipinski definition) is 5. The molecule has 0 radical (unpaired) electrons. The predicted molar refractivity (Wildman–Crippen MR) is 67.3 cm³/mol. The first-order valence-corrected chi connectivity index (χ1v) is 6.11. The van der Waals surface area contributed by atoms with Crippen molar-refractivity contribution in [3.8, 4) is 0 Å². The molecule has 2 aromatic rings. The number of aromatic nitrogens is 4. The Morgan fingerprint density at radius 3 is 2.95 bits per heavy atom. The Balaban J connectivity index is 1.89. The van der Waals surface area contributed by atoms with E-state index in [1.165, 1.54) is 0 Å². The van der Waals surface area contributed by atoms with Gasteiger partial charge in [0.25, 0.3) is 0 Å². The lowest BCUT2D eigenvalue weighted by molar-refractivity contribution is -0.133. The van der Waals surface area contributed by atoms with E-state index in [4.69, 9.17) is 4.52 Å². The van der Waals surface area contributed by atoms with E-state index in [0.29, 0.717) is 24.7 Å². The Morgan fingerprint density at radius 1 is 1.58 bits per heavy atom. The number of amides is 1. The average molecular weight is 263 g/mol. The molecular formula is C12H17N5O2. The van der Waals surface area contributed by atoms with E-state index in [1.807, 2.05) is 6.92 Å². The third kappa shape index (κ3) is 3.18. The molecule has 0 saturated heterocycles. The minimum atomic E-state index is -0.313. The molecule has 1 amide bonds. The van der Waals surface area contributed by atoms with E-state index in [-0.39, 0.29) is 11.9 Å². The standard InChI is InChI=1S/C12H17N5O2/c1-9(17-7-4-6-13-17)12(18)16(3)8-5-11-14-10(2)19-15-11/h4,6-7,9H,5,8H2,1-3H3/t9-/m0/s1. The third-order valence-electron chi connectivity index (χ3n) is 2.90. The fourth-order valence-corrected chi connectivity index (χ4v) is 1.76. The van der Waals surface area contributed by atoms with Crippen LogP contribution in [0.3, 0.4) is 0 Å². The smallest absolute Gasteiger partial charge is 0.246 e. The molecule has 0 spiro atoms. The van der Waals surface area contributed by atoms with Crippen LogP contribution in [0.4, 0.5) is 0 Å². The Labute approximate surface area is 111 Å². The number of aryl methyl sites for hydroxylation is 1. The maximum Gasteiger partial charge on any atom is 0.246 e. The van der Waals surface area contributed by atoms with Crippen molar-refractivity contribution in [3.05, 3.63) is 30.2 Å². The highest BCUT2D eigenvalue weighted by Gasteiger charge is 2.19. The Bertz CT molecular complexity index is 534. The van der Waals surface area contributed by atoms with Gasteiger partial charge in [-0.3, -0.25) is 9.48 Å². The molecule has 0 N–H and O–H groups in total. The van der Waals surface area contributed by atoms with Crippen LogP contribution in [-0.4, -0.2) is 44.3 Å². The van der Waals surface area contributed by atoms with Crippen molar-refractivity contribution in [1.82, 2.24) is 24.8 Å². The first-order chi connectivity index (χ1) is 9.08. The molecule has 2 heterocycles. The Kier molecular flexibility index (Phi) is 3.94. The number of carbonyl (C=O) groups excluding carboxylic acids is 1. The summed E-state index contributed by atoms with van der Waals surface area (Å²) in [6, 6.07) is 1.48. The molecule has 2 aromatic heterocycles. The van der Waals surface area contributed by atoms with Crippen molar-refractivity contribution in [3.63, 3.8) is 0 Å². The van der Waals surface area contributed by atoms with E-state index in [2.05, 4.69) is 15.2 Å². The van der Waals surface area contributed by atoms with Crippen molar-refractivity contribution in [2.75, 3.05) is 13.6 Å². The molecular weight excluding hydrogens is 246 g/mol. The highest BCUT2D eigenvalue weighted by Crippen LogP contribution is 2.08. The van der Waals surface area contributed by atoms with Crippen LogP contribution in [0.2, 0.25) is 0 Å². The Morgan fingerprint density at radius 2 is 2.37 bits per heavy atom. The quantitative estimate of drug-likeness (QED) is 0.798. The van der Waals surface area contributed by atoms with Crippen LogP contribution in [0.5, 0.6) is 0 Å². The minimum Gasteiger partial charge on any atom is -0.343 e. The van der Waals surface area contributed by atoms with Gasteiger partial charge in [0.1, 0.15) is 6.04 Å². The zero-order valence-corrected chi connectivity index (χ0v) is 11.3. The highest BCUT2D eigenvalue weighted by molar-refractivity contribution is 5.79. The first-order valence-electron chi connectivity index (χ1n) is 6.11. The van der Waals surface area contributed by atoms with Gasteiger partial charge >= 0.3 is 0 Å². The molecule has 0 unspecified atom stereocenters. The molecule has 0 aliphatic heterocycles. The maximum absolute atomic E-state index is 12.2. The van der Waals surface area contributed by atoms with Crippen LogP contribution in [0, 0.1) is 6.92 Å². The van der Waals surface area contributed by atoms with Crippen molar-refractivity contribution >= 4 is 5.91 Å². The van der Waals surface area contributed by atoms with Gasteiger partial charge in [-0.25, -0.2) is 0 Å². The summed E-state index contributed by atoms with van der Waals surface area (Å²) >= 11 is 0. The molecule has 7 nitrogen and oxygen atoms in total. The molecule has 7 heteroatoms. The van der Waals surface area contributed by atoms with Gasteiger partial charge in [-0.2, -0.15) is 10.1 Å². The predicted octanol–water partition coefficient (Wildman–Crippen LogP) is 0.837. The van der Waals surface area contributed by atoms with E-state index in [0.717, 1.165) is 0 Å². The number of nitrogens with zero attached hydrogens (tertiary/aromatic N) is 5. The zero-order chi connectivity index (χ0) is 13.8. The molecule has 2 rings (SSSR count). The summed E-state index contributed by atoms with van der Waals surface area (Å²) in [4.78, 5) is 17.9. The molecule has 0 bridgehead atoms. The Hall–Kier alpha value is -2.18. The summed E-state index contributed by atoms with van der Waals surface area (Å²) in [5, 5.41) is 7.87. The lowest BCUT2D eigenvalue weighted by Crippen LogP contribution is -2.34. The molecule has 0 fully saturated rings. The third-order valence-corrected chi connectivity index (χ3v) is 2.90. The number of carbonyl (C=O) groups is 1. The van der Waals surface area contributed by atoms with Gasteiger partial charge in [-0.1, -0.05) is 5.16 Å². The second-order valence-corrected chi connectivity index (χ2v) is 4.40. The number of likely N-dealkylation sites (N-methyl/N-ethyl adjacent to an activating group) is 1. The van der Waals surface area contributed by atoms with E-state index in [9.17, 15) is 4.79 Å². The van der Waals surface area contributed by atoms with Gasteiger partial charge in [0.15, 0.2) is 5.82 Å². The second kappa shape index (κ2) is 5.64.